The smallest absolute Gasteiger partial charge is 0.244 e. The molecule has 0 aliphatic heterocycles. The number of hydrogen-bond acceptors (Lipinski definition) is 6. The largest absolute Gasteiger partial charge is 0.444 e. The normalized spacial score (nSPS) is 11.9. The molecule has 2 rings (SSSR count). The van der Waals surface area contributed by atoms with Gasteiger partial charge in [-0.15, -0.1) is 0 Å². The summed E-state index contributed by atoms with van der Waals surface area (Å²) in [5, 5.41) is 12.7. The lowest BCUT2D eigenvalue weighted by molar-refractivity contribution is 0.277. The Labute approximate surface area is 122 Å². The summed E-state index contributed by atoms with van der Waals surface area (Å²) in [6, 6.07) is 0. The van der Waals surface area contributed by atoms with Crippen LogP contribution in [0.15, 0.2) is 27.9 Å². The van der Waals surface area contributed by atoms with Crippen molar-refractivity contribution in [2.75, 3.05) is 6.61 Å². The van der Waals surface area contributed by atoms with Crippen molar-refractivity contribution in [2.24, 2.45) is 0 Å². The fourth-order valence-electron chi connectivity index (χ4n) is 1.67. The van der Waals surface area contributed by atoms with Gasteiger partial charge in [-0.1, -0.05) is 6.92 Å². The van der Waals surface area contributed by atoms with Crippen LogP contribution in [0.1, 0.15) is 25.0 Å². The zero-order valence-electron chi connectivity index (χ0n) is 11.7. The van der Waals surface area contributed by atoms with Crippen molar-refractivity contribution in [3.05, 3.63) is 30.2 Å². The standard InChI is InChI=1S/C12H18N4O4S/c1-2-10-6-13-12(20-10)8-15-21(18,19)11-7-14-16(9-11)4-3-5-17/h6-7,9,15,17H,2-5,8H2,1H3. The van der Waals surface area contributed by atoms with Crippen LogP contribution in [-0.2, 0) is 29.5 Å². The van der Waals surface area contributed by atoms with Crippen LogP contribution in [-0.4, -0.2) is 34.9 Å². The molecule has 116 valence electrons. The summed E-state index contributed by atoms with van der Waals surface area (Å²) < 4.78 is 33.4. The number of nitrogens with one attached hydrogen (secondary N) is 1. The maximum absolute atomic E-state index is 12.1. The van der Waals surface area contributed by atoms with E-state index in [0.717, 1.165) is 0 Å². The highest BCUT2D eigenvalue weighted by Crippen LogP contribution is 2.09. The molecular weight excluding hydrogens is 296 g/mol. The van der Waals surface area contributed by atoms with Crippen LogP contribution < -0.4 is 4.72 Å². The van der Waals surface area contributed by atoms with E-state index in [-0.39, 0.29) is 18.0 Å². The van der Waals surface area contributed by atoms with Gasteiger partial charge in [-0.2, -0.15) is 5.10 Å². The summed E-state index contributed by atoms with van der Waals surface area (Å²) in [4.78, 5) is 4.06. The highest BCUT2D eigenvalue weighted by atomic mass is 32.2. The second-order valence-corrected chi connectivity index (χ2v) is 6.18. The highest BCUT2D eigenvalue weighted by molar-refractivity contribution is 7.89. The second kappa shape index (κ2) is 6.83. The molecule has 0 amide bonds. The third kappa shape index (κ3) is 4.13. The van der Waals surface area contributed by atoms with Crippen LogP contribution in [0, 0.1) is 0 Å². The Morgan fingerprint density at radius 2 is 2.24 bits per heavy atom. The summed E-state index contributed by atoms with van der Waals surface area (Å²) >= 11 is 0. The Morgan fingerprint density at radius 1 is 1.43 bits per heavy atom. The van der Waals surface area contributed by atoms with Crippen molar-refractivity contribution in [2.45, 2.75) is 37.8 Å². The molecule has 0 fully saturated rings. The topological polar surface area (TPSA) is 110 Å². The number of nitrogens with zero attached hydrogens (tertiary/aromatic N) is 3. The minimum Gasteiger partial charge on any atom is -0.444 e. The molecule has 0 aromatic carbocycles. The van der Waals surface area contributed by atoms with Crippen LogP contribution in [0.2, 0.25) is 0 Å². The lowest BCUT2D eigenvalue weighted by atomic mass is 10.4. The SMILES string of the molecule is CCc1cnc(CNS(=O)(=O)c2cnn(CCCO)c2)o1. The fraction of sp³-hybridized carbons (Fsp3) is 0.500. The minimum absolute atomic E-state index is 0.00977. The van der Waals surface area contributed by atoms with Crippen molar-refractivity contribution < 1.29 is 17.9 Å². The molecule has 2 heterocycles. The van der Waals surface area contributed by atoms with Gasteiger partial charge < -0.3 is 9.52 Å². The molecule has 0 radical (unpaired) electrons. The van der Waals surface area contributed by atoms with Gasteiger partial charge in [-0.25, -0.2) is 18.1 Å². The summed E-state index contributed by atoms with van der Waals surface area (Å²) in [5.74, 6) is 1.03. The first-order valence-electron chi connectivity index (χ1n) is 6.61. The lowest BCUT2D eigenvalue weighted by Crippen LogP contribution is -2.23. The van der Waals surface area contributed by atoms with Crippen LogP contribution in [0.5, 0.6) is 0 Å². The van der Waals surface area contributed by atoms with Gasteiger partial charge >= 0.3 is 0 Å². The Bertz CT molecular complexity index is 677. The number of oxazole rings is 1. The molecule has 0 unspecified atom stereocenters. The maximum Gasteiger partial charge on any atom is 0.244 e. The van der Waals surface area contributed by atoms with Crippen molar-refractivity contribution >= 4 is 10.0 Å². The maximum atomic E-state index is 12.1. The minimum atomic E-state index is -3.66. The third-order valence-corrected chi connectivity index (χ3v) is 4.18. The van der Waals surface area contributed by atoms with Crippen molar-refractivity contribution in [1.82, 2.24) is 19.5 Å². The van der Waals surface area contributed by atoms with E-state index in [4.69, 9.17) is 9.52 Å². The van der Waals surface area contributed by atoms with Gasteiger partial charge in [0.15, 0.2) is 0 Å². The van der Waals surface area contributed by atoms with E-state index in [1.165, 1.54) is 17.1 Å². The van der Waals surface area contributed by atoms with Crippen LogP contribution in [0.25, 0.3) is 0 Å². The number of rotatable bonds is 8. The van der Waals surface area contributed by atoms with Gasteiger partial charge in [-0.3, -0.25) is 4.68 Å². The van der Waals surface area contributed by atoms with E-state index in [9.17, 15) is 8.42 Å². The van der Waals surface area contributed by atoms with Crippen LogP contribution >= 0.6 is 0 Å². The molecule has 0 saturated heterocycles. The van der Waals surface area contributed by atoms with Gasteiger partial charge in [0.1, 0.15) is 10.7 Å². The van der Waals surface area contributed by atoms with Gasteiger partial charge in [0.25, 0.3) is 0 Å². The highest BCUT2D eigenvalue weighted by Gasteiger charge is 2.17. The summed E-state index contributed by atoms with van der Waals surface area (Å²) in [7, 11) is -3.66. The number of aromatic nitrogens is 3. The second-order valence-electron chi connectivity index (χ2n) is 4.41. The first kappa shape index (κ1) is 15.7. The summed E-state index contributed by atoms with van der Waals surface area (Å²) in [5.41, 5.74) is 0. The fourth-order valence-corrected chi connectivity index (χ4v) is 2.60. The molecule has 0 aliphatic carbocycles. The Hall–Kier alpha value is -1.71. The molecule has 0 bridgehead atoms. The van der Waals surface area contributed by atoms with Gasteiger partial charge in [0.2, 0.25) is 15.9 Å². The van der Waals surface area contributed by atoms with E-state index >= 15 is 0 Å². The Kier molecular flexibility index (Phi) is 5.10. The molecule has 21 heavy (non-hydrogen) atoms. The predicted molar refractivity (Wildman–Crippen MR) is 73.8 cm³/mol. The number of hydrogen-bond donors (Lipinski definition) is 2. The van der Waals surface area contributed by atoms with E-state index < -0.39 is 10.0 Å². The van der Waals surface area contributed by atoms with Crippen LogP contribution in [0.4, 0.5) is 0 Å². The summed E-state index contributed by atoms with van der Waals surface area (Å²) in [6.07, 6.45) is 5.50. The van der Waals surface area contributed by atoms with Gasteiger partial charge in [-0.05, 0) is 6.42 Å². The van der Waals surface area contributed by atoms with Crippen molar-refractivity contribution in [1.29, 1.82) is 0 Å². The summed E-state index contributed by atoms with van der Waals surface area (Å²) in [6.45, 7) is 2.41. The number of aliphatic hydroxyl groups is 1. The molecule has 2 aromatic rings. The van der Waals surface area contributed by atoms with Crippen molar-refractivity contribution in [3.8, 4) is 0 Å². The predicted octanol–water partition coefficient (Wildman–Crippen LogP) is 0.294. The molecular formula is C12H18N4O4S. The van der Waals surface area contributed by atoms with E-state index in [2.05, 4.69) is 14.8 Å². The third-order valence-electron chi connectivity index (χ3n) is 2.83. The Morgan fingerprint density at radius 3 is 2.90 bits per heavy atom. The number of aryl methyl sites for hydroxylation is 2. The molecule has 2 aromatic heterocycles. The molecule has 0 saturated carbocycles. The van der Waals surface area contributed by atoms with Crippen LogP contribution in [0.3, 0.4) is 0 Å². The lowest BCUT2D eigenvalue weighted by Gasteiger charge is -2.02. The zero-order chi connectivity index (χ0) is 15.3. The number of sulfonamides is 1. The molecule has 8 nitrogen and oxygen atoms in total. The molecule has 0 aliphatic rings. The monoisotopic (exact) mass is 314 g/mol. The Balaban J connectivity index is 1.99. The average Bonchev–Trinajstić information content (AvgIpc) is 3.12. The van der Waals surface area contributed by atoms with E-state index in [1.807, 2.05) is 6.92 Å². The van der Waals surface area contributed by atoms with Crippen molar-refractivity contribution in [3.63, 3.8) is 0 Å². The first-order valence-corrected chi connectivity index (χ1v) is 8.10. The molecule has 9 heteroatoms. The number of aliphatic hydroxyl groups excluding tert-OH is 1. The molecule has 2 N–H and O–H groups in total. The quantitative estimate of drug-likeness (QED) is 0.725. The zero-order valence-corrected chi connectivity index (χ0v) is 12.5. The van der Waals surface area contributed by atoms with E-state index in [0.29, 0.717) is 31.0 Å². The molecule has 0 atom stereocenters. The van der Waals surface area contributed by atoms with Gasteiger partial charge in [0, 0.05) is 25.8 Å². The van der Waals surface area contributed by atoms with E-state index in [1.54, 1.807) is 6.20 Å². The first-order chi connectivity index (χ1) is 10.0. The molecule has 0 spiro atoms. The average molecular weight is 314 g/mol. The van der Waals surface area contributed by atoms with Gasteiger partial charge in [0.05, 0.1) is 18.9 Å².